The van der Waals surface area contributed by atoms with Gasteiger partial charge in [-0.15, -0.1) is 0 Å². The third-order valence-corrected chi connectivity index (χ3v) is 4.19. The van der Waals surface area contributed by atoms with Crippen molar-refractivity contribution in [1.29, 1.82) is 0 Å². The van der Waals surface area contributed by atoms with Crippen LogP contribution in [0.25, 0.3) is 0 Å². The number of hydrogen-bond acceptors (Lipinski definition) is 3. The third kappa shape index (κ3) is 2.99. The van der Waals surface area contributed by atoms with Crippen molar-refractivity contribution in [2.75, 3.05) is 19.6 Å². The second kappa shape index (κ2) is 5.36. The Kier molecular flexibility index (Phi) is 4.05. The number of hydrogen-bond donors (Lipinski definition) is 2. The first-order valence-corrected chi connectivity index (χ1v) is 6.77. The molecule has 0 bridgehead atoms. The zero-order valence-electron chi connectivity index (χ0n) is 10.9. The molecule has 4 heteroatoms. The fraction of sp³-hybridized carbons (Fsp3) is 0.923. The monoisotopic (exact) mass is 240 g/mol. The Morgan fingerprint density at radius 3 is 2.47 bits per heavy atom. The molecule has 3 unspecified atom stereocenters. The number of nitrogens with one attached hydrogen (secondary N) is 1. The van der Waals surface area contributed by atoms with E-state index in [1.165, 1.54) is 6.42 Å². The van der Waals surface area contributed by atoms with Gasteiger partial charge in [-0.2, -0.15) is 0 Å². The Balaban J connectivity index is 2.05. The van der Waals surface area contributed by atoms with Crippen LogP contribution in [0.1, 0.15) is 33.1 Å². The molecule has 0 spiro atoms. The summed E-state index contributed by atoms with van der Waals surface area (Å²) >= 11 is 0. The van der Waals surface area contributed by atoms with Crippen molar-refractivity contribution in [2.45, 2.75) is 45.2 Å². The second-order valence-corrected chi connectivity index (χ2v) is 5.87. The lowest BCUT2D eigenvalue weighted by atomic mass is 9.79. The van der Waals surface area contributed by atoms with Crippen molar-refractivity contribution in [2.24, 2.45) is 11.8 Å². The van der Waals surface area contributed by atoms with Gasteiger partial charge in [0, 0.05) is 25.7 Å². The lowest BCUT2D eigenvalue weighted by Crippen LogP contribution is -2.59. The first kappa shape index (κ1) is 12.8. The molecule has 1 heterocycles. The van der Waals surface area contributed by atoms with Crippen molar-refractivity contribution in [1.82, 2.24) is 10.2 Å². The summed E-state index contributed by atoms with van der Waals surface area (Å²) in [7, 11) is 0. The van der Waals surface area contributed by atoms with E-state index in [2.05, 4.69) is 24.1 Å². The van der Waals surface area contributed by atoms with Crippen LogP contribution in [-0.2, 0) is 4.79 Å². The Morgan fingerprint density at radius 2 is 1.88 bits per heavy atom. The summed E-state index contributed by atoms with van der Waals surface area (Å²) in [5, 5.41) is 12.5. The summed E-state index contributed by atoms with van der Waals surface area (Å²) < 4.78 is 0. The van der Waals surface area contributed by atoms with Gasteiger partial charge in [-0.05, 0) is 31.1 Å². The van der Waals surface area contributed by atoms with Gasteiger partial charge < -0.3 is 10.4 Å². The Bertz CT molecular complexity index is 273. The molecule has 1 aliphatic heterocycles. The van der Waals surface area contributed by atoms with Gasteiger partial charge in [-0.1, -0.05) is 13.8 Å². The average molecular weight is 240 g/mol. The van der Waals surface area contributed by atoms with Crippen LogP contribution in [0.5, 0.6) is 0 Å². The van der Waals surface area contributed by atoms with Crippen LogP contribution in [0.4, 0.5) is 0 Å². The van der Waals surface area contributed by atoms with E-state index >= 15 is 0 Å². The number of carbonyl (C=O) groups is 1. The minimum absolute atomic E-state index is 0.328. The van der Waals surface area contributed by atoms with E-state index in [9.17, 15) is 9.90 Å². The van der Waals surface area contributed by atoms with Gasteiger partial charge in [-0.25, -0.2) is 0 Å². The molecule has 0 aromatic carbocycles. The van der Waals surface area contributed by atoms with Crippen LogP contribution in [0, 0.1) is 11.8 Å². The van der Waals surface area contributed by atoms with E-state index in [-0.39, 0.29) is 6.04 Å². The van der Waals surface area contributed by atoms with E-state index in [1.54, 1.807) is 0 Å². The standard InChI is InChI=1S/C13H24N2O2/c1-9-5-10(2)7-11(6-9)15-4-3-14-8-12(15)13(16)17/h9-12,14H,3-8H2,1-2H3,(H,16,17). The second-order valence-electron chi connectivity index (χ2n) is 5.87. The summed E-state index contributed by atoms with van der Waals surface area (Å²) in [5.41, 5.74) is 0. The number of carboxylic acids is 1. The Hall–Kier alpha value is -0.610. The van der Waals surface area contributed by atoms with Gasteiger partial charge in [0.15, 0.2) is 0 Å². The van der Waals surface area contributed by atoms with E-state index in [0.29, 0.717) is 12.6 Å². The SMILES string of the molecule is CC1CC(C)CC(N2CCNCC2C(=O)O)C1. The lowest BCUT2D eigenvalue weighted by molar-refractivity contribution is -0.145. The highest BCUT2D eigenvalue weighted by atomic mass is 16.4. The number of piperazine rings is 1. The van der Waals surface area contributed by atoms with Gasteiger partial charge in [0.1, 0.15) is 6.04 Å². The average Bonchev–Trinajstić information content (AvgIpc) is 2.27. The molecular weight excluding hydrogens is 216 g/mol. The van der Waals surface area contributed by atoms with Crippen LogP contribution in [0.3, 0.4) is 0 Å². The van der Waals surface area contributed by atoms with E-state index < -0.39 is 5.97 Å². The fourth-order valence-corrected chi connectivity index (χ4v) is 3.56. The first-order chi connectivity index (χ1) is 8.08. The lowest BCUT2D eigenvalue weighted by Gasteiger charge is -2.44. The molecule has 2 N–H and O–H groups in total. The molecule has 0 aromatic heterocycles. The largest absolute Gasteiger partial charge is 0.480 e. The molecule has 0 radical (unpaired) electrons. The van der Waals surface area contributed by atoms with Crippen molar-refractivity contribution in [3.05, 3.63) is 0 Å². The maximum Gasteiger partial charge on any atom is 0.322 e. The summed E-state index contributed by atoms with van der Waals surface area (Å²) in [6, 6.07) is 0.142. The molecule has 1 aliphatic carbocycles. The van der Waals surface area contributed by atoms with Gasteiger partial charge in [0.05, 0.1) is 0 Å². The summed E-state index contributed by atoms with van der Waals surface area (Å²) in [6.07, 6.45) is 3.61. The number of aliphatic carboxylic acids is 1. The third-order valence-electron chi connectivity index (χ3n) is 4.19. The number of rotatable bonds is 2. The van der Waals surface area contributed by atoms with Crippen LogP contribution in [-0.4, -0.2) is 47.7 Å². The minimum atomic E-state index is -0.678. The van der Waals surface area contributed by atoms with Crippen molar-refractivity contribution in [3.63, 3.8) is 0 Å². The maximum absolute atomic E-state index is 11.3. The number of carboxylic acid groups (broad SMARTS) is 1. The van der Waals surface area contributed by atoms with Crippen molar-refractivity contribution >= 4 is 5.97 Å². The smallest absolute Gasteiger partial charge is 0.322 e. The summed E-state index contributed by atoms with van der Waals surface area (Å²) in [5.74, 6) is 0.782. The van der Waals surface area contributed by atoms with Crippen LogP contribution in [0.2, 0.25) is 0 Å². The predicted molar refractivity (Wildman–Crippen MR) is 67.0 cm³/mol. The number of nitrogens with zero attached hydrogens (tertiary/aromatic N) is 1. The predicted octanol–water partition coefficient (Wildman–Crippen LogP) is 1.17. The Labute approximate surface area is 103 Å². The molecule has 1 saturated carbocycles. The summed E-state index contributed by atoms with van der Waals surface area (Å²) in [4.78, 5) is 13.5. The highest BCUT2D eigenvalue weighted by Gasteiger charge is 2.36. The molecule has 2 rings (SSSR count). The van der Waals surface area contributed by atoms with Gasteiger partial charge in [0.2, 0.25) is 0 Å². The van der Waals surface area contributed by atoms with Gasteiger partial charge in [0.25, 0.3) is 0 Å². The van der Waals surface area contributed by atoms with E-state index in [0.717, 1.165) is 37.8 Å². The molecule has 4 nitrogen and oxygen atoms in total. The molecular formula is C13H24N2O2. The molecule has 0 amide bonds. The molecule has 2 fully saturated rings. The van der Waals surface area contributed by atoms with E-state index in [1.807, 2.05) is 0 Å². The van der Waals surface area contributed by atoms with Crippen LogP contribution in [0.15, 0.2) is 0 Å². The molecule has 98 valence electrons. The zero-order chi connectivity index (χ0) is 12.4. The molecule has 2 aliphatic rings. The Morgan fingerprint density at radius 1 is 1.24 bits per heavy atom. The summed E-state index contributed by atoms with van der Waals surface area (Å²) in [6.45, 7) is 6.97. The molecule has 17 heavy (non-hydrogen) atoms. The molecule has 0 aromatic rings. The minimum Gasteiger partial charge on any atom is -0.480 e. The zero-order valence-corrected chi connectivity index (χ0v) is 10.9. The quantitative estimate of drug-likeness (QED) is 0.761. The van der Waals surface area contributed by atoms with Crippen LogP contribution < -0.4 is 5.32 Å². The topological polar surface area (TPSA) is 52.6 Å². The first-order valence-electron chi connectivity index (χ1n) is 6.77. The molecule has 1 saturated heterocycles. The normalized spacial score (nSPS) is 40.1. The molecule has 3 atom stereocenters. The van der Waals surface area contributed by atoms with Gasteiger partial charge >= 0.3 is 5.97 Å². The van der Waals surface area contributed by atoms with Crippen LogP contribution >= 0.6 is 0 Å². The van der Waals surface area contributed by atoms with Crippen molar-refractivity contribution in [3.8, 4) is 0 Å². The fourth-order valence-electron chi connectivity index (χ4n) is 3.56. The van der Waals surface area contributed by atoms with Gasteiger partial charge in [-0.3, -0.25) is 9.69 Å². The highest BCUT2D eigenvalue weighted by Crippen LogP contribution is 2.32. The maximum atomic E-state index is 11.3. The van der Waals surface area contributed by atoms with Crippen molar-refractivity contribution < 1.29 is 9.90 Å². The van der Waals surface area contributed by atoms with E-state index in [4.69, 9.17) is 0 Å². The highest BCUT2D eigenvalue weighted by molar-refractivity contribution is 5.74.